The van der Waals surface area contributed by atoms with Crippen molar-refractivity contribution in [3.63, 3.8) is 0 Å². The zero-order valence-electron chi connectivity index (χ0n) is 15.1. The summed E-state index contributed by atoms with van der Waals surface area (Å²) in [5, 5.41) is 6.22. The van der Waals surface area contributed by atoms with Gasteiger partial charge in [-0.2, -0.15) is 0 Å². The second kappa shape index (κ2) is 10.6. The van der Waals surface area contributed by atoms with Gasteiger partial charge in [0.15, 0.2) is 0 Å². The van der Waals surface area contributed by atoms with Crippen molar-refractivity contribution in [2.24, 2.45) is 17.6 Å². The quantitative estimate of drug-likeness (QED) is 0.652. The Kier molecular flexibility index (Phi) is 9.19. The SMILES string of the molecule is COc1cc(Cl)c(C)cc1NC(=O)CCNC(=O)[C@@H]1CCC[C@@H]1CN.Cl. The fourth-order valence-electron chi connectivity index (χ4n) is 3.24. The van der Waals surface area contributed by atoms with E-state index in [2.05, 4.69) is 10.6 Å². The minimum Gasteiger partial charge on any atom is -0.495 e. The van der Waals surface area contributed by atoms with E-state index in [1.165, 1.54) is 7.11 Å². The standard InChI is InChI=1S/C18H26ClN3O3.ClH/c1-11-8-15(16(25-2)9-14(11)19)22-17(23)6-7-21-18(24)13-5-3-4-12(13)10-20;/h8-9,12-13H,3-7,10,20H2,1-2H3,(H,21,24)(H,22,23);1H/t12-,13-;/m1./s1. The second-order valence-electron chi connectivity index (χ2n) is 6.42. The predicted octanol–water partition coefficient (Wildman–Crippen LogP) is 2.90. The summed E-state index contributed by atoms with van der Waals surface area (Å²) in [6.45, 7) is 2.69. The van der Waals surface area contributed by atoms with Crippen LogP contribution in [-0.4, -0.2) is 32.0 Å². The summed E-state index contributed by atoms with van der Waals surface area (Å²) in [4.78, 5) is 24.3. The molecule has 0 spiro atoms. The third-order valence-corrected chi connectivity index (χ3v) is 5.11. The van der Waals surface area contributed by atoms with Crippen LogP contribution >= 0.6 is 24.0 Å². The highest BCUT2D eigenvalue weighted by molar-refractivity contribution is 6.31. The lowest BCUT2D eigenvalue weighted by atomic mass is 9.95. The fraction of sp³-hybridized carbons (Fsp3) is 0.556. The first-order chi connectivity index (χ1) is 12.0. The molecule has 1 aromatic rings. The number of nitrogens with one attached hydrogen (secondary N) is 2. The largest absolute Gasteiger partial charge is 0.495 e. The zero-order valence-corrected chi connectivity index (χ0v) is 16.7. The molecule has 146 valence electrons. The first-order valence-electron chi connectivity index (χ1n) is 8.58. The first-order valence-corrected chi connectivity index (χ1v) is 8.95. The van der Waals surface area contributed by atoms with E-state index >= 15 is 0 Å². The van der Waals surface area contributed by atoms with Gasteiger partial charge in [-0.05, 0) is 43.9 Å². The molecule has 4 N–H and O–H groups in total. The van der Waals surface area contributed by atoms with E-state index in [1.54, 1.807) is 12.1 Å². The highest BCUT2D eigenvalue weighted by Crippen LogP contribution is 2.32. The summed E-state index contributed by atoms with van der Waals surface area (Å²) in [5.74, 6) is 0.551. The van der Waals surface area contributed by atoms with Crippen LogP contribution in [0.4, 0.5) is 5.69 Å². The molecule has 0 bridgehead atoms. The zero-order chi connectivity index (χ0) is 18.4. The van der Waals surface area contributed by atoms with Crippen molar-refractivity contribution >= 4 is 41.5 Å². The van der Waals surface area contributed by atoms with Crippen LogP contribution in [0, 0.1) is 18.8 Å². The normalized spacial score (nSPS) is 18.8. The molecule has 6 nitrogen and oxygen atoms in total. The van der Waals surface area contributed by atoms with Gasteiger partial charge in [0.25, 0.3) is 0 Å². The van der Waals surface area contributed by atoms with Crippen molar-refractivity contribution in [3.05, 3.63) is 22.7 Å². The number of carbonyl (C=O) groups is 2. The summed E-state index contributed by atoms with van der Waals surface area (Å²) in [5.41, 5.74) is 7.13. The molecule has 0 aromatic heterocycles. The maximum absolute atomic E-state index is 12.2. The monoisotopic (exact) mass is 403 g/mol. The molecule has 1 saturated carbocycles. The minimum atomic E-state index is -0.192. The van der Waals surface area contributed by atoms with Gasteiger partial charge in [-0.15, -0.1) is 12.4 Å². The number of hydrogen-bond acceptors (Lipinski definition) is 4. The molecule has 0 aliphatic heterocycles. The average molecular weight is 404 g/mol. The molecule has 0 unspecified atom stereocenters. The Morgan fingerprint density at radius 3 is 2.73 bits per heavy atom. The fourth-order valence-corrected chi connectivity index (χ4v) is 3.39. The van der Waals surface area contributed by atoms with E-state index in [-0.39, 0.29) is 42.5 Å². The molecule has 0 heterocycles. The Morgan fingerprint density at radius 1 is 1.35 bits per heavy atom. The van der Waals surface area contributed by atoms with Gasteiger partial charge >= 0.3 is 0 Å². The number of ether oxygens (including phenoxy) is 1. The number of aryl methyl sites for hydroxylation is 1. The van der Waals surface area contributed by atoms with Crippen LogP contribution in [0.15, 0.2) is 12.1 Å². The van der Waals surface area contributed by atoms with Crippen LogP contribution in [0.3, 0.4) is 0 Å². The maximum Gasteiger partial charge on any atom is 0.226 e. The number of benzene rings is 1. The molecule has 2 atom stereocenters. The lowest BCUT2D eigenvalue weighted by Crippen LogP contribution is -2.36. The molecule has 2 rings (SSSR count). The Balaban J connectivity index is 0.00000338. The number of carbonyl (C=O) groups excluding carboxylic acids is 2. The summed E-state index contributed by atoms with van der Waals surface area (Å²) in [6.07, 6.45) is 3.11. The molecule has 0 saturated heterocycles. The summed E-state index contributed by atoms with van der Waals surface area (Å²) in [6, 6.07) is 3.43. The van der Waals surface area contributed by atoms with Crippen molar-refractivity contribution < 1.29 is 14.3 Å². The summed E-state index contributed by atoms with van der Waals surface area (Å²) in [7, 11) is 1.52. The van der Waals surface area contributed by atoms with E-state index in [1.807, 2.05) is 6.92 Å². The van der Waals surface area contributed by atoms with Crippen LogP contribution in [0.25, 0.3) is 0 Å². The lowest BCUT2D eigenvalue weighted by molar-refractivity contribution is -0.126. The van der Waals surface area contributed by atoms with E-state index < -0.39 is 0 Å². The lowest BCUT2D eigenvalue weighted by Gasteiger charge is -2.17. The van der Waals surface area contributed by atoms with Gasteiger partial charge in [-0.25, -0.2) is 0 Å². The van der Waals surface area contributed by atoms with Gasteiger partial charge in [-0.3, -0.25) is 9.59 Å². The average Bonchev–Trinajstić information content (AvgIpc) is 3.06. The molecule has 1 aromatic carbocycles. The number of methoxy groups -OCH3 is 1. The Bertz CT molecular complexity index is 640. The second-order valence-corrected chi connectivity index (χ2v) is 6.83. The first kappa shape index (κ1) is 22.5. The van der Waals surface area contributed by atoms with E-state index in [0.29, 0.717) is 29.5 Å². The predicted molar refractivity (Wildman–Crippen MR) is 106 cm³/mol. The molecule has 8 heteroatoms. The van der Waals surface area contributed by atoms with Crippen molar-refractivity contribution in [2.45, 2.75) is 32.6 Å². The smallest absolute Gasteiger partial charge is 0.226 e. The third kappa shape index (κ3) is 5.76. The van der Waals surface area contributed by atoms with Gasteiger partial charge in [-0.1, -0.05) is 18.0 Å². The van der Waals surface area contributed by atoms with Crippen LogP contribution in [0.1, 0.15) is 31.2 Å². The van der Waals surface area contributed by atoms with Crippen molar-refractivity contribution in [2.75, 3.05) is 25.5 Å². The number of rotatable bonds is 7. The number of halogens is 2. The van der Waals surface area contributed by atoms with Gasteiger partial charge in [0.1, 0.15) is 5.75 Å². The van der Waals surface area contributed by atoms with Crippen LogP contribution in [-0.2, 0) is 9.59 Å². The van der Waals surface area contributed by atoms with Crippen LogP contribution < -0.4 is 21.1 Å². The molecule has 0 radical (unpaired) electrons. The van der Waals surface area contributed by atoms with Gasteiger partial charge in [0.05, 0.1) is 12.8 Å². The summed E-state index contributed by atoms with van der Waals surface area (Å²) >= 11 is 6.06. The maximum atomic E-state index is 12.2. The molecular formula is C18H27Cl2N3O3. The van der Waals surface area contributed by atoms with Crippen LogP contribution in [0.2, 0.25) is 5.02 Å². The summed E-state index contributed by atoms with van der Waals surface area (Å²) < 4.78 is 5.24. The van der Waals surface area contributed by atoms with Crippen molar-refractivity contribution in [1.29, 1.82) is 0 Å². The number of amides is 2. The van der Waals surface area contributed by atoms with E-state index in [4.69, 9.17) is 22.1 Å². The van der Waals surface area contributed by atoms with E-state index in [9.17, 15) is 9.59 Å². The Labute approximate surface area is 165 Å². The molecule has 1 fully saturated rings. The topological polar surface area (TPSA) is 93.5 Å². The Morgan fingerprint density at radius 2 is 2.08 bits per heavy atom. The number of anilines is 1. The highest BCUT2D eigenvalue weighted by Gasteiger charge is 2.31. The van der Waals surface area contributed by atoms with Gasteiger partial charge in [0.2, 0.25) is 11.8 Å². The molecular weight excluding hydrogens is 377 g/mol. The van der Waals surface area contributed by atoms with Crippen LogP contribution in [0.5, 0.6) is 5.75 Å². The molecule has 2 amide bonds. The van der Waals surface area contributed by atoms with Crippen molar-refractivity contribution in [3.8, 4) is 5.75 Å². The third-order valence-electron chi connectivity index (χ3n) is 4.70. The van der Waals surface area contributed by atoms with Gasteiger partial charge in [0, 0.05) is 30.0 Å². The molecule has 26 heavy (non-hydrogen) atoms. The van der Waals surface area contributed by atoms with E-state index in [0.717, 1.165) is 24.8 Å². The molecule has 1 aliphatic carbocycles. The number of hydrogen-bond donors (Lipinski definition) is 3. The number of nitrogens with two attached hydrogens (primary N) is 1. The van der Waals surface area contributed by atoms with Crippen molar-refractivity contribution in [1.82, 2.24) is 5.32 Å². The highest BCUT2D eigenvalue weighted by atomic mass is 35.5. The molecule has 1 aliphatic rings. The Hall–Kier alpha value is -1.50. The van der Waals surface area contributed by atoms with Gasteiger partial charge < -0.3 is 21.1 Å². The minimum absolute atomic E-state index is 0.